The van der Waals surface area contributed by atoms with Gasteiger partial charge < -0.3 is 5.11 Å². The first-order valence-electron chi connectivity index (χ1n) is 5.35. The molecule has 0 fully saturated rings. The van der Waals surface area contributed by atoms with E-state index in [1.165, 1.54) is 0 Å². The third-order valence-electron chi connectivity index (χ3n) is 2.49. The highest BCUT2D eigenvalue weighted by Crippen LogP contribution is 2.18. The fourth-order valence-corrected chi connectivity index (χ4v) is 1.49. The Hall–Kier alpha value is -2.23. The molecule has 0 aliphatic carbocycles. The number of aryl methyl sites for hydroxylation is 1. The number of aromatic carboxylic acids is 1. The van der Waals surface area contributed by atoms with Crippen molar-refractivity contribution in [3.8, 4) is 11.1 Å². The second kappa shape index (κ2) is 4.74. The van der Waals surface area contributed by atoms with Crippen molar-refractivity contribution in [3.63, 3.8) is 0 Å². The molecular weight excluding hydrogens is 216 g/mol. The Kier molecular flexibility index (Phi) is 3.14. The van der Waals surface area contributed by atoms with Gasteiger partial charge in [-0.1, -0.05) is 19.1 Å². The van der Waals surface area contributed by atoms with Crippen LogP contribution in [0.2, 0.25) is 0 Å². The molecule has 0 aliphatic heterocycles. The van der Waals surface area contributed by atoms with E-state index in [4.69, 9.17) is 5.11 Å². The van der Waals surface area contributed by atoms with E-state index in [0.717, 1.165) is 23.4 Å². The third-order valence-corrected chi connectivity index (χ3v) is 2.49. The van der Waals surface area contributed by atoms with Crippen LogP contribution in [0, 0.1) is 0 Å². The van der Waals surface area contributed by atoms with Crippen molar-refractivity contribution in [2.24, 2.45) is 0 Å². The summed E-state index contributed by atoms with van der Waals surface area (Å²) in [6, 6.07) is 6.67. The topological polar surface area (TPSA) is 63.1 Å². The standard InChI is InChI=1S/C13H12N2O2/c1-2-12-14-7-11(8-15-12)9-3-5-10(6-4-9)13(16)17/h3-8H,2H2,1H3,(H,16,17). The molecule has 0 spiro atoms. The van der Waals surface area contributed by atoms with Crippen LogP contribution in [0.3, 0.4) is 0 Å². The van der Waals surface area contributed by atoms with E-state index in [1.807, 2.05) is 6.92 Å². The monoisotopic (exact) mass is 228 g/mol. The third kappa shape index (κ3) is 2.47. The molecule has 1 heterocycles. The molecule has 0 amide bonds. The summed E-state index contributed by atoms with van der Waals surface area (Å²) in [7, 11) is 0. The zero-order valence-corrected chi connectivity index (χ0v) is 9.42. The van der Waals surface area contributed by atoms with Gasteiger partial charge in [0.2, 0.25) is 0 Å². The summed E-state index contributed by atoms with van der Waals surface area (Å²) in [6.45, 7) is 2.00. The number of rotatable bonds is 3. The molecule has 86 valence electrons. The lowest BCUT2D eigenvalue weighted by atomic mass is 10.1. The van der Waals surface area contributed by atoms with Gasteiger partial charge in [-0.15, -0.1) is 0 Å². The molecule has 0 unspecified atom stereocenters. The van der Waals surface area contributed by atoms with Crippen molar-refractivity contribution in [2.45, 2.75) is 13.3 Å². The van der Waals surface area contributed by atoms with Crippen molar-refractivity contribution < 1.29 is 9.90 Å². The van der Waals surface area contributed by atoms with Crippen LogP contribution in [0.1, 0.15) is 23.1 Å². The van der Waals surface area contributed by atoms with Gasteiger partial charge in [-0.2, -0.15) is 0 Å². The Morgan fingerprint density at radius 2 is 1.71 bits per heavy atom. The highest BCUT2D eigenvalue weighted by atomic mass is 16.4. The molecule has 0 saturated carbocycles. The van der Waals surface area contributed by atoms with Crippen LogP contribution in [0.25, 0.3) is 11.1 Å². The average molecular weight is 228 g/mol. The summed E-state index contributed by atoms with van der Waals surface area (Å²) in [4.78, 5) is 19.1. The number of carbonyl (C=O) groups is 1. The Labute approximate surface area is 99.0 Å². The van der Waals surface area contributed by atoms with Gasteiger partial charge in [-0.05, 0) is 17.7 Å². The molecule has 1 aromatic heterocycles. The molecule has 2 aromatic rings. The molecule has 2 rings (SSSR count). The molecule has 1 N–H and O–H groups in total. The Bertz CT molecular complexity index is 518. The van der Waals surface area contributed by atoms with Gasteiger partial charge >= 0.3 is 5.97 Å². The average Bonchev–Trinajstić information content (AvgIpc) is 2.39. The van der Waals surface area contributed by atoms with Crippen LogP contribution in [0.5, 0.6) is 0 Å². The fourth-order valence-electron chi connectivity index (χ4n) is 1.49. The predicted octanol–water partition coefficient (Wildman–Crippen LogP) is 2.40. The quantitative estimate of drug-likeness (QED) is 0.876. The second-order valence-electron chi connectivity index (χ2n) is 3.62. The number of hydrogen-bond donors (Lipinski definition) is 1. The summed E-state index contributed by atoms with van der Waals surface area (Å²) in [5.74, 6) is -0.120. The minimum Gasteiger partial charge on any atom is -0.478 e. The summed E-state index contributed by atoms with van der Waals surface area (Å²) >= 11 is 0. The smallest absolute Gasteiger partial charge is 0.335 e. The Balaban J connectivity index is 2.29. The van der Waals surface area contributed by atoms with E-state index in [0.29, 0.717) is 0 Å². The summed E-state index contributed by atoms with van der Waals surface area (Å²) in [5.41, 5.74) is 2.08. The van der Waals surface area contributed by atoms with Crippen LogP contribution < -0.4 is 0 Å². The number of hydrogen-bond acceptors (Lipinski definition) is 3. The van der Waals surface area contributed by atoms with Crippen molar-refractivity contribution in [3.05, 3.63) is 48.0 Å². The van der Waals surface area contributed by atoms with Crippen LogP contribution in [0.4, 0.5) is 0 Å². The molecule has 0 saturated heterocycles. The van der Waals surface area contributed by atoms with Gasteiger partial charge in [-0.25, -0.2) is 14.8 Å². The normalized spacial score (nSPS) is 10.2. The zero-order chi connectivity index (χ0) is 12.3. The molecule has 1 aromatic carbocycles. The molecule has 0 radical (unpaired) electrons. The molecule has 4 nitrogen and oxygen atoms in total. The summed E-state index contributed by atoms with van der Waals surface area (Å²) in [5, 5.41) is 8.79. The lowest BCUT2D eigenvalue weighted by molar-refractivity contribution is 0.0697. The Morgan fingerprint density at radius 1 is 1.12 bits per heavy atom. The van der Waals surface area contributed by atoms with Crippen molar-refractivity contribution >= 4 is 5.97 Å². The number of carboxylic acid groups (broad SMARTS) is 1. The van der Waals surface area contributed by atoms with Crippen molar-refractivity contribution in [2.75, 3.05) is 0 Å². The number of benzene rings is 1. The maximum absolute atomic E-state index is 10.7. The molecule has 4 heteroatoms. The minimum absolute atomic E-state index is 0.278. The zero-order valence-electron chi connectivity index (χ0n) is 9.42. The summed E-state index contributed by atoms with van der Waals surface area (Å²) < 4.78 is 0. The van der Waals surface area contributed by atoms with Gasteiger partial charge in [0.1, 0.15) is 5.82 Å². The first-order chi connectivity index (χ1) is 8.20. The molecule has 0 atom stereocenters. The predicted molar refractivity (Wildman–Crippen MR) is 63.8 cm³/mol. The fraction of sp³-hybridized carbons (Fsp3) is 0.154. The largest absolute Gasteiger partial charge is 0.478 e. The number of carboxylic acids is 1. The second-order valence-corrected chi connectivity index (χ2v) is 3.62. The highest BCUT2D eigenvalue weighted by molar-refractivity contribution is 5.88. The number of aromatic nitrogens is 2. The van der Waals surface area contributed by atoms with E-state index in [9.17, 15) is 4.79 Å². The number of nitrogens with zero attached hydrogens (tertiary/aromatic N) is 2. The highest BCUT2D eigenvalue weighted by Gasteiger charge is 2.03. The first-order valence-corrected chi connectivity index (χ1v) is 5.35. The van der Waals surface area contributed by atoms with Crippen LogP contribution >= 0.6 is 0 Å². The lowest BCUT2D eigenvalue weighted by Gasteiger charge is -2.02. The van der Waals surface area contributed by atoms with E-state index >= 15 is 0 Å². The maximum Gasteiger partial charge on any atom is 0.335 e. The first kappa shape index (κ1) is 11.3. The van der Waals surface area contributed by atoms with Gasteiger partial charge in [0, 0.05) is 24.4 Å². The van der Waals surface area contributed by atoms with E-state index in [-0.39, 0.29) is 5.56 Å². The van der Waals surface area contributed by atoms with Crippen molar-refractivity contribution in [1.82, 2.24) is 9.97 Å². The van der Waals surface area contributed by atoms with Gasteiger partial charge in [0.05, 0.1) is 5.56 Å². The van der Waals surface area contributed by atoms with Crippen molar-refractivity contribution in [1.29, 1.82) is 0 Å². The summed E-state index contributed by atoms with van der Waals surface area (Å²) in [6.07, 6.45) is 4.31. The van der Waals surface area contributed by atoms with Gasteiger partial charge in [-0.3, -0.25) is 0 Å². The molecular formula is C13H12N2O2. The SMILES string of the molecule is CCc1ncc(-c2ccc(C(=O)O)cc2)cn1. The minimum atomic E-state index is -0.922. The van der Waals surface area contributed by atoms with Crippen LogP contribution in [0.15, 0.2) is 36.7 Å². The van der Waals surface area contributed by atoms with E-state index in [1.54, 1.807) is 36.7 Å². The van der Waals surface area contributed by atoms with Gasteiger partial charge in [0.25, 0.3) is 0 Å². The molecule has 0 aliphatic rings. The van der Waals surface area contributed by atoms with Crippen LogP contribution in [-0.4, -0.2) is 21.0 Å². The van der Waals surface area contributed by atoms with E-state index < -0.39 is 5.97 Å². The Morgan fingerprint density at radius 3 is 2.18 bits per heavy atom. The van der Waals surface area contributed by atoms with Gasteiger partial charge in [0.15, 0.2) is 0 Å². The molecule has 17 heavy (non-hydrogen) atoms. The lowest BCUT2D eigenvalue weighted by Crippen LogP contribution is -1.95. The van der Waals surface area contributed by atoms with Crippen LogP contribution in [-0.2, 0) is 6.42 Å². The maximum atomic E-state index is 10.7. The molecule has 0 bridgehead atoms. The van der Waals surface area contributed by atoms with E-state index in [2.05, 4.69) is 9.97 Å².